The number of aromatic nitrogens is 3. The van der Waals surface area contributed by atoms with Crippen LogP contribution in [-0.4, -0.2) is 41.3 Å². The zero-order chi connectivity index (χ0) is 16.2. The molecule has 3 heterocycles. The zero-order valence-electron chi connectivity index (χ0n) is 13.3. The predicted octanol–water partition coefficient (Wildman–Crippen LogP) is 2.51. The predicted molar refractivity (Wildman–Crippen MR) is 84.8 cm³/mol. The lowest BCUT2D eigenvalue weighted by molar-refractivity contribution is 0.178. The van der Waals surface area contributed by atoms with Crippen LogP contribution in [0.5, 0.6) is 5.75 Å². The van der Waals surface area contributed by atoms with E-state index in [1.54, 1.807) is 12.4 Å². The molecule has 1 aliphatic heterocycles. The van der Waals surface area contributed by atoms with E-state index in [2.05, 4.69) is 15.0 Å². The van der Waals surface area contributed by atoms with Crippen LogP contribution < -0.4 is 9.64 Å². The van der Waals surface area contributed by atoms with Crippen LogP contribution in [0.1, 0.15) is 30.7 Å². The molecule has 0 aliphatic carbocycles. The third-order valence-corrected chi connectivity index (χ3v) is 3.98. The molecule has 0 radical (unpaired) electrons. The number of hydrogen-bond donors (Lipinski definition) is 1. The van der Waals surface area contributed by atoms with Crippen molar-refractivity contribution >= 4 is 11.9 Å². The van der Waals surface area contributed by atoms with Crippen molar-refractivity contribution in [1.82, 2.24) is 15.0 Å². The van der Waals surface area contributed by atoms with Gasteiger partial charge >= 0.3 is 6.09 Å². The topological polar surface area (TPSA) is 80.3 Å². The smallest absolute Gasteiger partial charge is 0.415 e. The van der Waals surface area contributed by atoms with Crippen molar-refractivity contribution in [3.63, 3.8) is 0 Å². The van der Waals surface area contributed by atoms with Gasteiger partial charge in [-0.2, -0.15) is 0 Å². The number of carbonyl (C=O) groups excluding carboxylic acids is 1. The maximum Gasteiger partial charge on any atom is 0.415 e. The minimum atomic E-state index is -0.416. The second-order valence-electron chi connectivity index (χ2n) is 5.37. The zero-order valence-corrected chi connectivity index (χ0v) is 13.3. The van der Waals surface area contributed by atoms with Crippen molar-refractivity contribution < 1.29 is 14.3 Å². The van der Waals surface area contributed by atoms with Gasteiger partial charge in [-0.15, -0.1) is 0 Å². The van der Waals surface area contributed by atoms with Crippen LogP contribution in [0.2, 0.25) is 0 Å². The van der Waals surface area contributed by atoms with Crippen LogP contribution >= 0.6 is 0 Å². The first-order chi connectivity index (χ1) is 11.2. The van der Waals surface area contributed by atoms with E-state index < -0.39 is 6.09 Å². The fourth-order valence-electron chi connectivity index (χ4n) is 2.81. The SMILES string of the molecule is CCN(C(=O)OC)c1ccc2c(n1)C(Cc1c[nH]cn1)CCO2. The molecule has 2 aromatic heterocycles. The fourth-order valence-corrected chi connectivity index (χ4v) is 2.81. The van der Waals surface area contributed by atoms with Gasteiger partial charge in [0.15, 0.2) is 0 Å². The lowest BCUT2D eigenvalue weighted by Gasteiger charge is -2.26. The lowest BCUT2D eigenvalue weighted by atomic mass is 9.93. The normalized spacial score (nSPS) is 16.3. The van der Waals surface area contributed by atoms with Crippen LogP contribution in [0.3, 0.4) is 0 Å². The summed E-state index contributed by atoms with van der Waals surface area (Å²) in [5, 5.41) is 0. The standard InChI is InChI=1S/C16H20N4O3/c1-3-20(16(21)22-2)14-5-4-13-15(19-14)11(6-7-23-13)8-12-9-17-10-18-12/h4-5,9-11H,3,6-8H2,1-2H3,(H,17,18). The molecule has 122 valence electrons. The third-order valence-electron chi connectivity index (χ3n) is 3.98. The molecular formula is C16H20N4O3. The van der Waals surface area contributed by atoms with E-state index in [4.69, 9.17) is 9.47 Å². The van der Waals surface area contributed by atoms with Gasteiger partial charge in [0.05, 0.1) is 31.4 Å². The van der Waals surface area contributed by atoms with Crippen LogP contribution in [0.25, 0.3) is 0 Å². The van der Waals surface area contributed by atoms with E-state index >= 15 is 0 Å². The van der Waals surface area contributed by atoms with E-state index in [-0.39, 0.29) is 5.92 Å². The minimum Gasteiger partial charge on any atom is -0.492 e. The molecule has 0 bridgehead atoms. The average Bonchev–Trinajstić information content (AvgIpc) is 3.09. The number of H-pyrrole nitrogens is 1. The number of pyridine rings is 1. The summed E-state index contributed by atoms with van der Waals surface area (Å²) < 4.78 is 10.5. The van der Waals surface area contributed by atoms with E-state index in [9.17, 15) is 4.79 Å². The molecule has 3 rings (SSSR count). The van der Waals surface area contributed by atoms with Gasteiger partial charge in [-0.1, -0.05) is 0 Å². The summed E-state index contributed by atoms with van der Waals surface area (Å²) in [6, 6.07) is 3.66. The summed E-state index contributed by atoms with van der Waals surface area (Å²) in [5.41, 5.74) is 1.87. The summed E-state index contributed by atoms with van der Waals surface area (Å²) in [4.78, 5) is 25.3. The maximum absolute atomic E-state index is 11.9. The van der Waals surface area contributed by atoms with Gasteiger partial charge in [-0.05, 0) is 31.9 Å². The molecule has 0 aromatic carbocycles. The monoisotopic (exact) mass is 316 g/mol. The molecule has 1 amide bonds. The van der Waals surface area contributed by atoms with Crippen molar-refractivity contribution in [1.29, 1.82) is 0 Å². The first-order valence-electron chi connectivity index (χ1n) is 7.69. The Kier molecular flexibility index (Phi) is 4.45. The average molecular weight is 316 g/mol. The van der Waals surface area contributed by atoms with Gasteiger partial charge in [0.2, 0.25) is 0 Å². The number of ether oxygens (including phenoxy) is 2. The fraction of sp³-hybridized carbons (Fsp3) is 0.438. The molecule has 0 spiro atoms. The molecule has 2 aromatic rings. The van der Waals surface area contributed by atoms with Gasteiger partial charge in [0.25, 0.3) is 0 Å². The van der Waals surface area contributed by atoms with E-state index in [1.807, 2.05) is 19.2 Å². The molecular weight excluding hydrogens is 296 g/mol. The van der Waals surface area contributed by atoms with Crippen molar-refractivity contribution in [2.45, 2.75) is 25.7 Å². The molecule has 23 heavy (non-hydrogen) atoms. The van der Waals surface area contributed by atoms with E-state index in [1.165, 1.54) is 12.0 Å². The summed E-state index contributed by atoms with van der Waals surface area (Å²) in [6.07, 6.45) is 4.82. The molecule has 1 atom stereocenters. The van der Waals surface area contributed by atoms with Gasteiger partial charge in [-0.3, -0.25) is 4.90 Å². The van der Waals surface area contributed by atoms with Crippen molar-refractivity contribution in [2.24, 2.45) is 0 Å². The number of amides is 1. The molecule has 0 saturated heterocycles. The van der Waals surface area contributed by atoms with Crippen molar-refractivity contribution in [3.8, 4) is 5.75 Å². The largest absolute Gasteiger partial charge is 0.492 e. The minimum absolute atomic E-state index is 0.221. The Bertz CT molecular complexity index is 672. The highest BCUT2D eigenvalue weighted by molar-refractivity contribution is 5.86. The van der Waals surface area contributed by atoms with Gasteiger partial charge in [0, 0.05) is 18.7 Å². The van der Waals surface area contributed by atoms with E-state index in [0.29, 0.717) is 19.0 Å². The Morgan fingerprint density at radius 2 is 2.39 bits per heavy atom. The number of carbonyl (C=O) groups is 1. The maximum atomic E-state index is 11.9. The van der Waals surface area contributed by atoms with Crippen LogP contribution in [-0.2, 0) is 11.2 Å². The number of fused-ring (bicyclic) bond motifs is 1. The Hall–Kier alpha value is -2.57. The number of hydrogen-bond acceptors (Lipinski definition) is 5. The van der Waals surface area contributed by atoms with Gasteiger partial charge in [-0.25, -0.2) is 14.8 Å². The summed E-state index contributed by atoms with van der Waals surface area (Å²) in [6.45, 7) is 3.04. The molecule has 1 aliphatic rings. The number of imidazole rings is 1. The first-order valence-corrected chi connectivity index (χ1v) is 7.69. The molecule has 7 nitrogen and oxygen atoms in total. The number of aromatic amines is 1. The Morgan fingerprint density at radius 1 is 1.52 bits per heavy atom. The molecule has 7 heteroatoms. The molecule has 1 unspecified atom stereocenters. The lowest BCUT2D eigenvalue weighted by Crippen LogP contribution is -2.31. The number of anilines is 1. The van der Waals surface area contributed by atoms with Gasteiger partial charge < -0.3 is 14.5 Å². The second-order valence-corrected chi connectivity index (χ2v) is 5.37. The first kappa shape index (κ1) is 15.3. The number of nitrogens with zero attached hydrogens (tertiary/aromatic N) is 3. The summed E-state index contributed by atoms with van der Waals surface area (Å²) >= 11 is 0. The highest BCUT2D eigenvalue weighted by Crippen LogP contribution is 2.35. The molecule has 0 fully saturated rings. The Labute approximate surface area is 134 Å². The van der Waals surface area contributed by atoms with Crippen molar-refractivity contribution in [3.05, 3.63) is 36.0 Å². The van der Waals surface area contributed by atoms with E-state index in [0.717, 1.165) is 30.0 Å². The van der Waals surface area contributed by atoms with Gasteiger partial charge in [0.1, 0.15) is 11.6 Å². The quantitative estimate of drug-likeness (QED) is 0.937. The molecule has 0 saturated carbocycles. The number of rotatable bonds is 4. The number of nitrogens with one attached hydrogen (secondary N) is 1. The third kappa shape index (κ3) is 3.13. The number of methoxy groups -OCH3 is 1. The van der Waals surface area contributed by atoms with Crippen LogP contribution in [0.15, 0.2) is 24.7 Å². The Morgan fingerprint density at radius 3 is 3.09 bits per heavy atom. The van der Waals surface area contributed by atoms with Crippen LogP contribution in [0.4, 0.5) is 10.6 Å². The molecule has 1 N–H and O–H groups in total. The second kappa shape index (κ2) is 6.68. The highest BCUT2D eigenvalue weighted by Gasteiger charge is 2.26. The summed E-state index contributed by atoms with van der Waals surface area (Å²) in [7, 11) is 1.37. The highest BCUT2D eigenvalue weighted by atomic mass is 16.5. The Balaban J connectivity index is 1.91. The summed E-state index contributed by atoms with van der Waals surface area (Å²) in [5.74, 6) is 1.58. The van der Waals surface area contributed by atoms with Crippen LogP contribution in [0, 0.1) is 0 Å². The van der Waals surface area contributed by atoms with Crippen molar-refractivity contribution in [2.75, 3.05) is 25.2 Å².